The Kier molecular flexibility index (Phi) is 1.16. The Balaban J connectivity index is 2.02. The number of amides is 1. The third-order valence-corrected chi connectivity index (χ3v) is 1.72. The van der Waals surface area contributed by atoms with Crippen LogP contribution in [-0.2, 0) is 9.53 Å². The predicted octanol–water partition coefficient (Wildman–Crippen LogP) is 0.133. The fourth-order valence-electron chi connectivity index (χ4n) is 1.00. The Morgan fingerprint density at radius 1 is 1.60 bits per heavy atom. The number of hydrogen-bond donors (Lipinski definition) is 0. The molecule has 0 aromatic heterocycles. The SMILES string of the molecule is O=C(C1=COCC1)N1CC1. The Hall–Kier alpha value is -0.990. The second kappa shape index (κ2) is 2.01. The van der Waals surface area contributed by atoms with E-state index < -0.39 is 0 Å². The van der Waals surface area contributed by atoms with Crippen molar-refractivity contribution in [2.24, 2.45) is 0 Å². The minimum atomic E-state index is 0.164. The first-order valence-electron chi connectivity index (χ1n) is 3.48. The maximum Gasteiger partial charge on any atom is 0.253 e. The number of ether oxygens (including phenoxy) is 1. The lowest BCUT2D eigenvalue weighted by Crippen LogP contribution is -2.11. The van der Waals surface area contributed by atoms with Crippen molar-refractivity contribution in [2.45, 2.75) is 6.42 Å². The Morgan fingerprint density at radius 2 is 2.40 bits per heavy atom. The molecule has 0 bridgehead atoms. The van der Waals surface area contributed by atoms with Crippen LogP contribution in [0.3, 0.4) is 0 Å². The molecule has 0 N–H and O–H groups in total. The third kappa shape index (κ3) is 0.875. The molecular weight excluding hydrogens is 130 g/mol. The van der Waals surface area contributed by atoms with Crippen LogP contribution in [0.25, 0.3) is 0 Å². The second-order valence-electron chi connectivity index (χ2n) is 2.56. The molecule has 1 saturated heterocycles. The summed E-state index contributed by atoms with van der Waals surface area (Å²) in [5, 5.41) is 0. The van der Waals surface area contributed by atoms with E-state index in [0.717, 1.165) is 25.1 Å². The van der Waals surface area contributed by atoms with E-state index in [0.29, 0.717) is 6.61 Å². The summed E-state index contributed by atoms with van der Waals surface area (Å²) in [4.78, 5) is 13.0. The van der Waals surface area contributed by atoms with E-state index in [2.05, 4.69) is 0 Å². The van der Waals surface area contributed by atoms with Gasteiger partial charge in [0.25, 0.3) is 5.91 Å². The average molecular weight is 139 g/mol. The number of rotatable bonds is 1. The summed E-state index contributed by atoms with van der Waals surface area (Å²) < 4.78 is 4.95. The molecule has 10 heavy (non-hydrogen) atoms. The molecule has 0 atom stereocenters. The molecular formula is C7H9NO2. The van der Waals surface area contributed by atoms with Gasteiger partial charge in [0.05, 0.1) is 18.4 Å². The van der Waals surface area contributed by atoms with Crippen LogP contribution < -0.4 is 0 Å². The van der Waals surface area contributed by atoms with Crippen LogP contribution in [0.15, 0.2) is 11.8 Å². The maximum atomic E-state index is 11.2. The van der Waals surface area contributed by atoms with Crippen molar-refractivity contribution in [3.63, 3.8) is 0 Å². The zero-order valence-corrected chi connectivity index (χ0v) is 5.67. The highest BCUT2D eigenvalue weighted by Crippen LogP contribution is 2.17. The lowest BCUT2D eigenvalue weighted by molar-refractivity contribution is -0.121. The predicted molar refractivity (Wildman–Crippen MR) is 35.2 cm³/mol. The van der Waals surface area contributed by atoms with Gasteiger partial charge in [0.2, 0.25) is 0 Å². The molecule has 1 fully saturated rings. The smallest absolute Gasteiger partial charge is 0.253 e. The fourth-order valence-corrected chi connectivity index (χ4v) is 1.00. The van der Waals surface area contributed by atoms with Crippen molar-refractivity contribution in [1.29, 1.82) is 0 Å². The lowest BCUT2D eigenvalue weighted by atomic mass is 10.2. The Morgan fingerprint density at radius 3 is 2.90 bits per heavy atom. The number of nitrogens with zero attached hydrogens (tertiary/aromatic N) is 1. The molecule has 0 unspecified atom stereocenters. The molecule has 2 heterocycles. The van der Waals surface area contributed by atoms with Crippen molar-refractivity contribution in [3.8, 4) is 0 Å². The first-order valence-corrected chi connectivity index (χ1v) is 3.48. The van der Waals surface area contributed by atoms with Gasteiger partial charge in [-0.25, -0.2) is 0 Å². The topological polar surface area (TPSA) is 29.3 Å². The molecule has 0 aliphatic carbocycles. The van der Waals surface area contributed by atoms with Crippen LogP contribution in [0.1, 0.15) is 6.42 Å². The van der Waals surface area contributed by atoms with E-state index >= 15 is 0 Å². The van der Waals surface area contributed by atoms with Crippen LogP contribution in [0.4, 0.5) is 0 Å². The Labute approximate surface area is 59.3 Å². The lowest BCUT2D eigenvalue weighted by Gasteiger charge is -1.97. The van der Waals surface area contributed by atoms with Crippen molar-refractivity contribution < 1.29 is 9.53 Å². The number of carbonyl (C=O) groups excluding carboxylic acids is 1. The first-order chi connectivity index (χ1) is 4.88. The van der Waals surface area contributed by atoms with E-state index in [1.54, 1.807) is 11.2 Å². The van der Waals surface area contributed by atoms with Gasteiger partial charge in [0.1, 0.15) is 0 Å². The molecule has 0 radical (unpaired) electrons. The quantitative estimate of drug-likeness (QED) is 0.483. The highest BCUT2D eigenvalue weighted by atomic mass is 16.5. The fraction of sp³-hybridized carbons (Fsp3) is 0.571. The number of hydrogen-bond acceptors (Lipinski definition) is 2. The van der Waals surface area contributed by atoms with Gasteiger partial charge in [-0.1, -0.05) is 0 Å². The van der Waals surface area contributed by atoms with E-state index in [9.17, 15) is 4.79 Å². The van der Waals surface area contributed by atoms with E-state index in [1.165, 1.54) is 0 Å². The van der Waals surface area contributed by atoms with Crippen LogP contribution in [-0.4, -0.2) is 30.5 Å². The van der Waals surface area contributed by atoms with E-state index in [4.69, 9.17) is 4.74 Å². The first kappa shape index (κ1) is 5.77. The third-order valence-electron chi connectivity index (χ3n) is 1.72. The largest absolute Gasteiger partial charge is 0.500 e. The molecule has 2 aliphatic rings. The van der Waals surface area contributed by atoms with Gasteiger partial charge in [-0.05, 0) is 0 Å². The molecule has 3 heteroatoms. The van der Waals surface area contributed by atoms with E-state index in [1.807, 2.05) is 0 Å². The zero-order valence-electron chi connectivity index (χ0n) is 5.67. The van der Waals surface area contributed by atoms with Crippen molar-refractivity contribution in [3.05, 3.63) is 11.8 Å². The zero-order chi connectivity index (χ0) is 6.97. The van der Waals surface area contributed by atoms with Crippen molar-refractivity contribution in [2.75, 3.05) is 19.7 Å². The van der Waals surface area contributed by atoms with Gasteiger partial charge in [0.15, 0.2) is 0 Å². The molecule has 0 spiro atoms. The normalized spacial score (nSPS) is 22.0. The second-order valence-corrected chi connectivity index (χ2v) is 2.56. The summed E-state index contributed by atoms with van der Waals surface area (Å²) in [5.74, 6) is 0.164. The monoisotopic (exact) mass is 139 g/mol. The molecule has 54 valence electrons. The summed E-state index contributed by atoms with van der Waals surface area (Å²) >= 11 is 0. The molecule has 1 amide bonds. The van der Waals surface area contributed by atoms with Gasteiger partial charge in [-0.3, -0.25) is 4.79 Å². The summed E-state index contributed by atoms with van der Waals surface area (Å²) in [6.45, 7) is 2.53. The molecule has 0 aromatic carbocycles. The highest BCUT2D eigenvalue weighted by molar-refractivity contribution is 5.94. The maximum absolute atomic E-state index is 11.2. The molecule has 2 rings (SSSR count). The van der Waals surface area contributed by atoms with Gasteiger partial charge < -0.3 is 9.64 Å². The summed E-state index contributed by atoms with van der Waals surface area (Å²) in [6.07, 6.45) is 2.37. The molecule has 0 aromatic rings. The van der Waals surface area contributed by atoms with Gasteiger partial charge in [0, 0.05) is 19.5 Å². The summed E-state index contributed by atoms with van der Waals surface area (Å²) in [5.41, 5.74) is 0.831. The van der Waals surface area contributed by atoms with Gasteiger partial charge in [-0.2, -0.15) is 0 Å². The minimum Gasteiger partial charge on any atom is -0.500 e. The Bertz CT molecular complexity index is 194. The van der Waals surface area contributed by atoms with Crippen molar-refractivity contribution in [1.82, 2.24) is 4.90 Å². The molecule has 0 saturated carbocycles. The van der Waals surface area contributed by atoms with Crippen LogP contribution in [0, 0.1) is 0 Å². The van der Waals surface area contributed by atoms with Gasteiger partial charge in [-0.15, -0.1) is 0 Å². The highest BCUT2D eigenvalue weighted by Gasteiger charge is 2.28. The van der Waals surface area contributed by atoms with Gasteiger partial charge >= 0.3 is 0 Å². The van der Waals surface area contributed by atoms with Crippen LogP contribution in [0.5, 0.6) is 0 Å². The summed E-state index contributed by atoms with van der Waals surface area (Å²) in [6, 6.07) is 0. The van der Waals surface area contributed by atoms with Crippen molar-refractivity contribution >= 4 is 5.91 Å². The molecule has 3 nitrogen and oxygen atoms in total. The average Bonchev–Trinajstić information content (AvgIpc) is 2.65. The van der Waals surface area contributed by atoms with Crippen LogP contribution >= 0.6 is 0 Å². The van der Waals surface area contributed by atoms with Crippen LogP contribution in [0.2, 0.25) is 0 Å². The standard InChI is InChI=1S/C7H9NO2/c9-7(8-2-3-8)6-1-4-10-5-6/h5H,1-4H2. The minimum absolute atomic E-state index is 0.164. The number of carbonyl (C=O) groups is 1. The molecule has 2 aliphatic heterocycles. The van der Waals surface area contributed by atoms with E-state index in [-0.39, 0.29) is 5.91 Å². The summed E-state index contributed by atoms with van der Waals surface area (Å²) in [7, 11) is 0.